The molecule has 0 aliphatic carbocycles. The zero-order chi connectivity index (χ0) is 25.8. The Hall–Kier alpha value is -5.02. The molecule has 6 aromatic rings. The van der Waals surface area contributed by atoms with E-state index in [1.54, 1.807) is 0 Å². The molecule has 0 radical (unpaired) electrons. The molecule has 2 heterocycles. The number of para-hydroxylation sites is 3. The molecule has 0 spiro atoms. The number of hydrogen-bond donors (Lipinski definition) is 0. The minimum absolute atomic E-state index is 0.221. The lowest BCUT2D eigenvalue weighted by Gasteiger charge is -2.37. The first-order chi connectivity index (χ1) is 19.4. The summed E-state index contributed by atoms with van der Waals surface area (Å²) in [7, 11) is 0. The van der Waals surface area contributed by atoms with E-state index in [9.17, 15) is 0 Å². The van der Waals surface area contributed by atoms with Crippen molar-refractivity contribution in [3.05, 3.63) is 152 Å². The topological polar surface area (TPSA) is 6.48 Å². The van der Waals surface area contributed by atoms with Gasteiger partial charge in [-0.1, -0.05) is 103 Å². The largest absolute Gasteiger partial charge is 0.311 e. The van der Waals surface area contributed by atoms with Crippen LogP contribution < -0.4 is 26.2 Å². The van der Waals surface area contributed by atoms with E-state index in [0.717, 1.165) is 17.1 Å². The summed E-state index contributed by atoms with van der Waals surface area (Å²) >= 11 is 0. The number of anilines is 6. The lowest BCUT2D eigenvalue weighted by Crippen LogP contribution is -2.54. The van der Waals surface area contributed by atoms with E-state index in [-0.39, 0.29) is 6.71 Å². The molecule has 0 saturated heterocycles. The Balaban J connectivity index is 1.40. The summed E-state index contributed by atoms with van der Waals surface area (Å²) in [5, 5.41) is 0. The van der Waals surface area contributed by atoms with E-state index < -0.39 is 0 Å². The summed E-state index contributed by atoms with van der Waals surface area (Å²) < 4.78 is 0. The predicted molar refractivity (Wildman–Crippen MR) is 166 cm³/mol. The summed E-state index contributed by atoms with van der Waals surface area (Å²) in [5.41, 5.74) is 13.9. The SMILES string of the molecule is c1ccc(N(c2ccccc2)c2ccc3c(c2)N(c2ccccc2)c2cccc4c2B3c2ccccc2-4)cc1. The van der Waals surface area contributed by atoms with Crippen LogP contribution >= 0.6 is 0 Å². The highest BCUT2D eigenvalue weighted by Gasteiger charge is 2.42. The molecule has 39 heavy (non-hydrogen) atoms. The normalized spacial score (nSPS) is 12.5. The lowest BCUT2D eigenvalue weighted by atomic mass is 9.37. The van der Waals surface area contributed by atoms with Crippen LogP contribution in [0, 0.1) is 0 Å². The first kappa shape index (κ1) is 22.0. The van der Waals surface area contributed by atoms with Crippen molar-refractivity contribution in [2.45, 2.75) is 0 Å². The minimum Gasteiger partial charge on any atom is -0.311 e. The third kappa shape index (κ3) is 3.37. The molecule has 2 aliphatic rings. The number of nitrogens with zero attached hydrogens (tertiary/aromatic N) is 2. The molecule has 2 aliphatic heterocycles. The molecule has 0 aromatic heterocycles. The van der Waals surface area contributed by atoms with Crippen LogP contribution in [-0.4, -0.2) is 6.71 Å². The summed E-state index contributed by atoms with van der Waals surface area (Å²) in [6.07, 6.45) is 0. The van der Waals surface area contributed by atoms with Crippen molar-refractivity contribution in [2.75, 3.05) is 9.80 Å². The van der Waals surface area contributed by atoms with Gasteiger partial charge in [-0.2, -0.15) is 0 Å². The van der Waals surface area contributed by atoms with E-state index >= 15 is 0 Å². The van der Waals surface area contributed by atoms with Crippen molar-refractivity contribution >= 4 is 57.2 Å². The summed E-state index contributed by atoms with van der Waals surface area (Å²) in [4.78, 5) is 4.80. The minimum atomic E-state index is 0.221. The predicted octanol–water partition coefficient (Wildman–Crippen LogP) is 7.44. The fourth-order valence-electron chi connectivity index (χ4n) is 6.45. The molecule has 0 saturated carbocycles. The van der Waals surface area contributed by atoms with E-state index in [0.29, 0.717) is 0 Å². The van der Waals surface area contributed by atoms with Crippen molar-refractivity contribution in [1.82, 2.24) is 0 Å². The highest BCUT2D eigenvalue weighted by molar-refractivity contribution is 7.01. The van der Waals surface area contributed by atoms with Crippen LogP contribution in [-0.2, 0) is 0 Å². The molecule has 0 bridgehead atoms. The maximum atomic E-state index is 2.45. The van der Waals surface area contributed by atoms with E-state index in [4.69, 9.17) is 0 Å². The Bertz CT molecular complexity index is 1780. The smallest absolute Gasteiger partial charge is 0.248 e. The fourth-order valence-corrected chi connectivity index (χ4v) is 6.45. The molecule has 182 valence electrons. The highest BCUT2D eigenvalue weighted by Crippen LogP contribution is 2.43. The fraction of sp³-hybridized carbons (Fsp3) is 0. The van der Waals surface area contributed by atoms with Crippen molar-refractivity contribution in [3.63, 3.8) is 0 Å². The number of rotatable bonds is 4. The number of hydrogen-bond acceptors (Lipinski definition) is 2. The van der Waals surface area contributed by atoms with Gasteiger partial charge >= 0.3 is 0 Å². The molecule has 0 atom stereocenters. The van der Waals surface area contributed by atoms with E-state index in [1.807, 2.05) is 0 Å². The van der Waals surface area contributed by atoms with Crippen LogP contribution in [0.4, 0.5) is 34.1 Å². The second-order valence-electron chi connectivity index (χ2n) is 10.2. The van der Waals surface area contributed by atoms with Gasteiger partial charge in [0.1, 0.15) is 0 Å². The van der Waals surface area contributed by atoms with Gasteiger partial charge < -0.3 is 9.80 Å². The van der Waals surface area contributed by atoms with Gasteiger partial charge in [-0.25, -0.2) is 0 Å². The van der Waals surface area contributed by atoms with Gasteiger partial charge in [0.15, 0.2) is 0 Å². The zero-order valence-electron chi connectivity index (χ0n) is 21.4. The summed E-state index contributed by atoms with van der Waals surface area (Å²) in [5.74, 6) is 0. The van der Waals surface area contributed by atoms with Crippen LogP contribution in [0.5, 0.6) is 0 Å². The molecule has 8 rings (SSSR count). The Morgan fingerprint density at radius 1 is 0.436 bits per heavy atom. The summed E-state index contributed by atoms with van der Waals surface area (Å²) in [6.45, 7) is 0.221. The van der Waals surface area contributed by atoms with E-state index in [2.05, 4.69) is 161 Å². The Morgan fingerprint density at radius 3 is 1.77 bits per heavy atom. The third-order valence-electron chi connectivity index (χ3n) is 8.04. The van der Waals surface area contributed by atoms with Gasteiger partial charge in [0.25, 0.3) is 0 Å². The van der Waals surface area contributed by atoms with Crippen molar-refractivity contribution in [3.8, 4) is 11.1 Å². The van der Waals surface area contributed by atoms with Crippen LogP contribution in [0.1, 0.15) is 0 Å². The van der Waals surface area contributed by atoms with Crippen molar-refractivity contribution in [2.24, 2.45) is 0 Å². The highest BCUT2D eigenvalue weighted by atomic mass is 15.2. The third-order valence-corrected chi connectivity index (χ3v) is 8.04. The molecule has 3 heteroatoms. The zero-order valence-corrected chi connectivity index (χ0v) is 21.4. The van der Waals surface area contributed by atoms with Gasteiger partial charge in [0.2, 0.25) is 6.71 Å². The molecule has 6 aromatic carbocycles. The Labute approximate surface area is 229 Å². The number of fused-ring (bicyclic) bond motifs is 5. The van der Waals surface area contributed by atoms with Crippen LogP contribution in [0.3, 0.4) is 0 Å². The second-order valence-corrected chi connectivity index (χ2v) is 10.2. The van der Waals surface area contributed by atoms with Crippen LogP contribution in [0.25, 0.3) is 11.1 Å². The number of benzene rings is 6. The average molecular weight is 496 g/mol. The van der Waals surface area contributed by atoms with Crippen molar-refractivity contribution < 1.29 is 0 Å². The van der Waals surface area contributed by atoms with Crippen LogP contribution in [0.15, 0.2) is 152 Å². The molecule has 2 nitrogen and oxygen atoms in total. The van der Waals surface area contributed by atoms with Gasteiger partial charge in [-0.15, -0.1) is 0 Å². The quantitative estimate of drug-likeness (QED) is 0.234. The van der Waals surface area contributed by atoms with E-state index in [1.165, 1.54) is 44.6 Å². The van der Waals surface area contributed by atoms with Gasteiger partial charge in [0.05, 0.1) is 0 Å². The van der Waals surface area contributed by atoms with Gasteiger partial charge in [-0.3, -0.25) is 0 Å². The maximum Gasteiger partial charge on any atom is 0.248 e. The van der Waals surface area contributed by atoms with Crippen molar-refractivity contribution in [1.29, 1.82) is 0 Å². The molecule has 0 N–H and O–H groups in total. The first-order valence-electron chi connectivity index (χ1n) is 13.5. The Kier molecular flexibility index (Phi) is 4.96. The standard InChI is InChI=1S/C36H25BN2/c1-4-13-26(14-5-1)38(27-15-6-2-7-16-27)29-23-24-33-35(25-29)39(28-17-8-3-9-18-28)34-22-12-20-31-30-19-10-11-21-32(30)37(33)36(31)34/h1-25H. The first-order valence-corrected chi connectivity index (χ1v) is 13.5. The molecular weight excluding hydrogens is 471 g/mol. The Morgan fingerprint density at radius 2 is 1.05 bits per heavy atom. The summed E-state index contributed by atoms with van der Waals surface area (Å²) in [6, 6.07) is 54.7. The van der Waals surface area contributed by atoms with Gasteiger partial charge in [-0.05, 0) is 76.6 Å². The lowest BCUT2D eigenvalue weighted by molar-refractivity contribution is 1.26. The molecule has 0 amide bonds. The monoisotopic (exact) mass is 496 g/mol. The molecular formula is C36H25BN2. The molecule has 0 fully saturated rings. The molecule has 0 unspecified atom stereocenters. The van der Waals surface area contributed by atoms with Crippen LogP contribution in [0.2, 0.25) is 0 Å². The average Bonchev–Trinajstić information content (AvgIpc) is 3.35. The van der Waals surface area contributed by atoms with Gasteiger partial charge in [0, 0.05) is 34.1 Å². The second kappa shape index (κ2) is 8.78. The maximum absolute atomic E-state index is 2.45.